The molecule has 2 fully saturated rings. The van der Waals surface area contributed by atoms with Crippen molar-refractivity contribution in [3.8, 4) is 0 Å². The van der Waals surface area contributed by atoms with Crippen molar-refractivity contribution >= 4 is 53.1 Å². The average Bonchev–Trinajstić information content (AvgIpc) is 3.48. The first-order valence-electron chi connectivity index (χ1n) is 10.6. The van der Waals surface area contributed by atoms with Gasteiger partial charge < -0.3 is 10.6 Å². The van der Waals surface area contributed by atoms with Crippen molar-refractivity contribution in [1.82, 2.24) is 20.5 Å². The molecule has 7 nitrogen and oxygen atoms in total. The molecular formula is C21H30IN5O2S. The fourth-order valence-electron chi connectivity index (χ4n) is 4.70. The Bertz CT molecular complexity index is 809. The number of thiazole rings is 1. The van der Waals surface area contributed by atoms with Crippen molar-refractivity contribution in [2.45, 2.75) is 33.1 Å². The molecule has 4 unspecified atom stereocenters. The molecule has 4 rings (SSSR count). The van der Waals surface area contributed by atoms with E-state index in [0.29, 0.717) is 25.6 Å². The zero-order chi connectivity index (χ0) is 20.4. The summed E-state index contributed by atoms with van der Waals surface area (Å²) in [6, 6.07) is 0. The Kier molecular flexibility index (Phi) is 7.89. The number of carbonyl (C=O) groups is 2. The quantitative estimate of drug-likeness (QED) is 0.173. The van der Waals surface area contributed by atoms with Gasteiger partial charge in [0.25, 0.3) is 0 Å². The van der Waals surface area contributed by atoms with E-state index >= 15 is 0 Å². The molecule has 0 spiro atoms. The molecule has 164 valence electrons. The SMILES string of the molecule is CCNC(=NCCc1ncc(CC)s1)NCCN1C(=O)C2C3C=CC(C3)C2C1=O.I. The molecule has 1 aromatic heterocycles. The lowest BCUT2D eigenvalue weighted by Crippen LogP contribution is -2.43. The van der Waals surface area contributed by atoms with Gasteiger partial charge in [-0.3, -0.25) is 19.5 Å². The number of halogens is 1. The minimum absolute atomic E-state index is 0. The Morgan fingerprint density at radius 2 is 1.90 bits per heavy atom. The summed E-state index contributed by atoms with van der Waals surface area (Å²) >= 11 is 1.74. The predicted octanol–water partition coefficient (Wildman–Crippen LogP) is 2.23. The third-order valence-electron chi connectivity index (χ3n) is 6.08. The van der Waals surface area contributed by atoms with E-state index in [1.54, 1.807) is 11.3 Å². The Morgan fingerprint density at radius 3 is 2.50 bits per heavy atom. The van der Waals surface area contributed by atoms with Crippen LogP contribution in [0.1, 0.15) is 30.2 Å². The number of rotatable bonds is 8. The number of aromatic nitrogens is 1. The zero-order valence-corrected chi connectivity index (χ0v) is 20.6. The summed E-state index contributed by atoms with van der Waals surface area (Å²) in [6.45, 7) is 6.44. The van der Waals surface area contributed by atoms with Crippen LogP contribution in [0.15, 0.2) is 23.3 Å². The summed E-state index contributed by atoms with van der Waals surface area (Å²) < 4.78 is 0. The summed E-state index contributed by atoms with van der Waals surface area (Å²) in [7, 11) is 0. The van der Waals surface area contributed by atoms with E-state index in [1.165, 1.54) is 9.78 Å². The Balaban J connectivity index is 0.00000256. The van der Waals surface area contributed by atoms with Gasteiger partial charge in [0.2, 0.25) is 11.8 Å². The van der Waals surface area contributed by atoms with Gasteiger partial charge in [-0.25, -0.2) is 4.98 Å². The monoisotopic (exact) mass is 543 g/mol. The van der Waals surface area contributed by atoms with Crippen LogP contribution in [0.5, 0.6) is 0 Å². The maximum absolute atomic E-state index is 12.7. The van der Waals surface area contributed by atoms with Gasteiger partial charge in [-0.15, -0.1) is 35.3 Å². The number of hydrogen-bond donors (Lipinski definition) is 2. The standard InChI is InChI=1S/C21H29N5O2S.HI/c1-3-15-12-25-16(29-15)7-8-23-21(22-4-2)24-9-10-26-19(27)17-13-5-6-14(11-13)18(17)20(26)28;/h5-6,12-14,17-18H,3-4,7-11H2,1-2H3,(H2,22,23,24);1H. The molecule has 1 aromatic rings. The van der Waals surface area contributed by atoms with Gasteiger partial charge in [-0.1, -0.05) is 19.1 Å². The highest BCUT2D eigenvalue weighted by atomic mass is 127. The predicted molar refractivity (Wildman–Crippen MR) is 129 cm³/mol. The van der Waals surface area contributed by atoms with Gasteiger partial charge >= 0.3 is 0 Å². The summed E-state index contributed by atoms with van der Waals surface area (Å²) in [6.07, 6.45) is 8.98. The molecule has 0 radical (unpaired) electrons. The van der Waals surface area contributed by atoms with E-state index in [4.69, 9.17) is 0 Å². The van der Waals surface area contributed by atoms with E-state index < -0.39 is 0 Å². The van der Waals surface area contributed by atoms with E-state index in [-0.39, 0.29) is 59.5 Å². The van der Waals surface area contributed by atoms with Crippen LogP contribution < -0.4 is 10.6 Å². The van der Waals surface area contributed by atoms with Gasteiger partial charge in [-0.05, 0) is 31.6 Å². The molecule has 9 heteroatoms. The molecular weight excluding hydrogens is 513 g/mol. The molecule has 2 aliphatic carbocycles. The fourth-order valence-corrected chi connectivity index (χ4v) is 5.55. The van der Waals surface area contributed by atoms with Crippen molar-refractivity contribution in [2.24, 2.45) is 28.7 Å². The lowest BCUT2D eigenvalue weighted by Gasteiger charge is -2.18. The van der Waals surface area contributed by atoms with E-state index in [9.17, 15) is 9.59 Å². The molecule has 1 aliphatic heterocycles. The Morgan fingerprint density at radius 1 is 1.20 bits per heavy atom. The summed E-state index contributed by atoms with van der Waals surface area (Å²) in [5, 5.41) is 7.58. The molecule has 4 atom stereocenters. The Labute approximate surface area is 198 Å². The van der Waals surface area contributed by atoms with Gasteiger partial charge in [0.05, 0.1) is 16.8 Å². The molecule has 2 N–H and O–H groups in total. The second-order valence-electron chi connectivity index (χ2n) is 7.84. The summed E-state index contributed by atoms with van der Waals surface area (Å²) in [4.78, 5) is 37.3. The number of carbonyl (C=O) groups excluding carboxylic acids is 2. The van der Waals surface area contributed by atoms with Crippen molar-refractivity contribution < 1.29 is 9.59 Å². The van der Waals surface area contributed by atoms with Gasteiger partial charge in [-0.2, -0.15) is 0 Å². The average molecular weight is 543 g/mol. The summed E-state index contributed by atoms with van der Waals surface area (Å²) in [5.41, 5.74) is 0. The highest BCUT2D eigenvalue weighted by molar-refractivity contribution is 14.0. The normalized spacial score (nSPS) is 26.9. The highest BCUT2D eigenvalue weighted by Gasteiger charge is 2.58. The first kappa shape index (κ1) is 23.2. The molecule has 2 bridgehead atoms. The smallest absolute Gasteiger partial charge is 0.233 e. The van der Waals surface area contributed by atoms with Crippen molar-refractivity contribution in [3.63, 3.8) is 0 Å². The zero-order valence-electron chi connectivity index (χ0n) is 17.5. The molecule has 3 aliphatic rings. The number of aliphatic imine (C=N–C) groups is 1. The number of likely N-dealkylation sites (tertiary alicyclic amines) is 1. The topological polar surface area (TPSA) is 86.7 Å². The van der Waals surface area contributed by atoms with Crippen LogP contribution in [-0.2, 0) is 22.4 Å². The first-order chi connectivity index (χ1) is 14.1. The number of fused-ring (bicyclic) bond motifs is 5. The molecule has 2 amide bonds. The molecule has 1 saturated heterocycles. The Hall–Kier alpha value is -1.49. The van der Waals surface area contributed by atoms with Crippen LogP contribution in [0, 0.1) is 23.7 Å². The van der Waals surface area contributed by atoms with Crippen LogP contribution in [0.4, 0.5) is 0 Å². The third-order valence-corrected chi connectivity index (χ3v) is 7.28. The summed E-state index contributed by atoms with van der Waals surface area (Å²) in [5.74, 6) is 1.01. The van der Waals surface area contributed by atoms with Crippen LogP contribution in [0.2, 0.25) is 0 Å². The van der Waals surface area contributed by atoms with Gasteiger partial charge in [0.15, 0.2) is 5.96 Å². The van der Waals surface area contributed by atoms with Gasteiger partial charge in [0, 0.05) is 43.7 Å². The highest BCUT2D eigenvalue weighted by Crippen LogP contribution is 2.52. The minimum atomic E-state index is -0.120. The third kappa shape index (κ3) is 4.56. The first-order valence-corrected chi connectivity index (χ1v) is 11.4. The number of imide groups is 1. The van der Waals surface area contributed by atoms with Crippen molar-refractivity contribution in [1.29, 1.82) is 0 Å². The number of nitrogens with zero attached hydrogens (tertiary/aromatic N) is 3. The fraction of sp³-hybridized carbons (Fsp3) is 0.619. The van der Waals surface area contributed by atoms with Crippen molar-refractivity contribution in [3.05, 3.63) is 28.2 Å². The van der Waals surface area contributed by atoms with Crippen LogP contribution in [0.3, 0.4) is 0 Å². The maximum Gasteiger partial charge on any atom is 0.233 e. The maximum atomic E-state index is 12.7. The van der Waals surface area contributed by atoms with E-state index in [1.807, 2.05) is 13.1 Å². The number of nitrogens with one attached hydrogen (secondary N) is 2. The largest absolute Gasteiger partial charge is 0.357 e. The lowest BCUT2D eigenvalue weighted by atomic mass is 9.85. The van der Waals surface area contributed by atoms with E-state index in [2.05, 4.69) is 39.7 Å². The second-order valence-corrected chi connectivity index (χ2v) is 9.04. The molecule has 0 aromatic carbocycles. The molecule has 2 heterocycles. The van der Waals surface area contributed by atoms with Crippen molar-refractivity contribution in [2.75, 3.05) is 26.2 Å². The second kappa shape index (κ2) is 10.2. The number of aryl methyl sites for hydroxylation is 1. The number of hydrogen-bond acceptors (Lipinski definition) is 5. The number of guanidine groups is 1. The molecule has 30 heavy (non-hydrogen) atoms. The molecule has 1 saturated carbocycles. The minimum Gasteiger partial charge on any atom is -0.357 e. The number of amides is 2. The van der Waals surface area contributed by atoms with E-state index in [0.717, 1.165) is 30.8 Å². The van der Waals surface area contributed by atoms with Crippen LogP contribution in [0.25, 0.3) is 0 Å². The van der Waals surface area contributed by atoms with Gasteiger partial charge in [0.1, 0.15) is 0 Å². The van der Waals surface area contributed by atoms with Crippen LogP contribution in [-0.4, -0.2) is 53.8 Å². The lowest BCUT2D eigenvalue weighted by molar-refractivity contribution is -0.140. The number of allylic oxidation sites excluding steroid dienone is 2. The van der Waals surface area contributed by atoms with Crippen LogP contribution >= 0.6 is 35.3 Å².